The van der Waals surface area contributed by atoms with E-state index in [1.165, 1.54) is 0 Å². The number of esters is 1. The quantitative estimate of drug-likeness (QED) is 0.563. The molecule has 0 spiro atoms. The van der Waals surface area contributed by atoms with Crippen molar-refractivity contribution in [3.8, 4) is 11.1 Å². The van der Waals surface area contributed by atoms with Crippen LogP contribution in [0.2, 0.25) is 0 Å². The summed E-state index contributed by atoms with van der Waals surface area (Å²) >= 11 is 0. The largest absolute Gasteiger partial charge is 0.459 e. The number of carbonyl (C=O) groups is 3. The van der Waals surface area contributed by atoms with Crippen LogP contribution in [-0.2, 0) is 19.1 Å². The number of hydrogen-bond acceptors (Lipinski definition) is 5. The van der Waals surface area contributed by atoms with Crippen molar-refractivity contribution in [1.29, 1.82) is 0 Å². The van der Waals surface area contributed by atoms with Gasteiger partial charge in [-0.2, -0.15) is 0 Å². The zero-order valence-electron chi connectivity index (χ0n) is 20.5. The van der Waals surface area contributed by atoms with Gasteiger partial charge in [-0.1, -0.05) is 62.4 Å². The average Bonchev–Trinajstić information content (AvgIpc) is 3.08. The fourth-order valence-corrected chi connectivity index (χ4v) is 4.15. The molecule has 2 aromatic rings. The van der Waals surface area contributed by atoms with Crippen molar-refractivity contribution in [2.24, 2.45) is 5.92 Å². The number of amides is 2. The smallest absolute Gasteiger partial charge is 0.407 e. The lowest BCUT2D eigenvalue weighted by atomic mass is 9.98. The van der Waals surface area contributed by atoms with Crippen LogP contribution >= 0.6 is 0 Å². The molecular formula is C27H34N2O5. The molecule has 0 heterocycles. The molecule has 0 fully saturated rings. The summed E-state index contributed by atoms with van der Waals surface area (Å²) in [4.78, 5) is 37.3. The van der Waals surface area contributed by atoms with Gasteiger partial charge in [0.15, 0.2) is 0 Å². The van der Waals surface area contributed by atoms with Gasteiger partial charge in [-0.15, -0.1) is 0 Å². The van der Waals surface area contributed by atoms with E-state index >= 15 is 0 Å². The van der Waals surface area contributed by atoms with E-state index in [1.54, 1.807) is 20.8 Å². The molecule has 1 aliphatic carbocycles. The van der Waals surface area contributed by atoms with Gasteiger partial charge in [0.2, 0.25) is 5.91 Å². The number of rotatable bonds is 8. The topological polar surface area (TPSA) is 93.7 Å². The van der Waals surface area contributed by atoms with Crippen LogP contribution in [0, 0.1) is 5.92 Å². The lowest BCUT2D eigenvalue weighted by Crippen LogP contribution is -2.49. The summed E-state index contributed by atoms with van der Waals surface area (Å²) in [7, 11) is 0. The Morgan fingerprint density at radius 1 is 0.941 bits per heavy atom. The first-order chi connectivity index (χ1) is 16.0. The summed E-state index contributed by atoms with van der Waals surface area (Å²) in [5.74, 6) is -0.910. The lowest BCUT2D eigenvalue weighted by molar-refractivity contribution is -0.154. The van der Waals surface area contributed by atoms with Crippen molar-refractivity contribution in [2.45, 2.75) is 58.6 Å². The molecule has 0 bridgehead atoms. The highest BCUT2D eigenvalue weighted by atomic mass is 16.6. The predicted molar refractivity (Wildman–Crippen MR) is 130 cm³/mol. The van der Waals surface area contributed by atoms with E-state index in [-0.39, 0.29) is 25.0 Å². The van der Waals surface area contributed by atoms with Crippen LogP contribution < -0.4 is 10.6 Å². The molecule has 2 amide bonds. The van der Waals surface area contributed by atoms with E-state index in [2.05, 4.69) is 22.8 Å². The van der Waals surface area contributed by atoms with Gasteiger partial charge in [0.1, 0.15) is 24.8 Å². The van der Waals surface area contributed by atoms with Crippen LogP contribution in [0.4, 0.5) is 4.79 Å². The first-order valence-electron chi connectivity index (χ1n) is 11.7. The summed E-state index contributed by atoms with van der Waals surface area (Å²) in [5, 5.41) is 5.22. The van der Waals surface area contributed by atoms with Crippen LogP contribution in [-0.4, -0.2) is 42.8 Å². The molecule has 182 valence electrons. The monoisotopic (exact) mass is 466 g/mol. The Morgan fingerprint density at radius 3 is 2.03 bits per heavy atom. The molecule has 7 nitrogen and oxygen atoms in total. The third kappa shape index (κ3) is 6.59. The molecule has 2 aromatic carbocycles. The Hall–Kier alpha value is -3.35. The van der Waals surface area contributed by atoms with Crippen molar-refractivity contribution in [1.82, 2.24) is 10.6 Å². The van der Waals surface area contributed by atoms with Gasteiger partial charge in [0, 0.05) is 5.92 Å². The normalized spacial score (nSPS) is 13.6. The Bertz CT molecular complexity index is 996. The van der Waals surface area contributed by atoms with Crippen LogP contribution in [0.1, 0.15) is 58.1 Å². The summed E-state index contributed by atoms with van der Waals surface area (Å²) in [6, 6.07) is 15.4. The molecule has 0 aliphatic heterocycles. The van der Waals surface area contributed by atoms with Gasteiger partial charge < -0.3 is 20.1 Å². The average molecular weight is 467 g/mol. The van der Waals surface area contributed by atoms with Gasteiger partial charge in [-0.05, 0) is 55.4 Å². The molecule has 0 unspecified atom stereocenters. The second-order valence-corrected chi connectivity index (χ2v) is 9.96. The van der Waals surface area contributed by atoms with Crippen LogP contribution in [0.15, 0.2) is 48.5 Å². The van der Waals surface area contributed by atoms with Crippen LogP contribution in [0.5, 0.6) is 0 Å². The number of ether oxygens (including phenoxy) is 2. The highest BCUT2D eigenvalue weighted by Crippen LogP contribution is 2.44. The maximum atomic E-state index is 12.7. The molecule has 3 rings (SSSR count). The van der Waals surface area contributed by atoms with E-state index in [4.69, 9.17) is 9.47 Å². The predicted octanol–water partition coefficient (Wildman–Crippen LogP) is 4.40. The molecule has 7 heteroatoms. The summed E-state index contributed by atoms with van der Waals surface area (Å²) in [6.07, 6.45) is -0.260. The van der Waals surface area contributed by atoms with Crippen LogP contribution in [0.25, 0.3) is 11.1 Å². The zero-order chi connectivity index (χ0) is 24.9. The van der Waals surface area contributed by atoms with E-state index in [9.17, 15) is 14.4 Å². The van der Waals surface area contributed by atoms with Gasteiger partial charge in [0.25, 0.3) is 0 Å². The van der Waals surface area contributed by atoms with Crippen molar-refractivity contribution in [2.75, 3.05) is 13.2 Å². The van der Waals surface area contributed by atoms with Crippen molar-refractivity contribution >= 4 is 18.0 Å². The highest BCUT2D eigenvalue weighted by molar-refractivity contribution is 5.88. The van der Waals surface area contributed by atoms with Gasteiger partial charge in [-0.25, -0.2) is 4.79 Å². The third-order valence-electron chi connectivity index (χ3n) is 5.49. The number of carbonyl (C=O) groups excluding carboxylic acids is 3. The van der Waals surface area contributed by atoms with E-state index in [1.807, 2.05) is 50.2 Å². The Morgan fingerprint density at radius 2 is 1.50 bits per heavy atom. The van der Waals surface area contributed by atoms with Gasteiger partial charge in [-0.3, -0.25) is 9.59 Å². The number of nitrogens with one attached hydrogen (secondary N) is 2. The third-order valence-corrected chi connectivity index (χ3v) is 5.49. The second-order valence-electron chi connectivity index (χ2n) is 9.96. The molecule has 1 atom stereocenters. The zero-order valence-corrected chi connectivity index (χ0v) is 20.5. The highest BCUT2D eigenvalue weighted by Gasteiger charge is 2.30. The summed E-state index contributed by atoms with van der Waals surface area (Å²) in [6.45, 7) is 9.07. The Labute approximate surface area is 201 Å². The maximum Gasteiger partial charge on any atom is 0.407 e. The molecule has 0 saturated carbocycles. The number of alkyl carbamates (subject to hydrolysis) is 1. The van der Waals surface area contributed by atoms with Crippen molar-refractivity contribution in [3.63, 3.8) is 0 Å². The van der Waals surface area contributed by atoms with Crippen LogP contribution in [0.3, 0.4) is 0 Å². The fraction of sp³-hybridized carbons (Fsp3) is 0.444. The SMILES string of the molecule is CC(C)C[C@H](NC(=O)OCC1c2ccccc2-c2ccccc21)C(=O)NCC(=O)OC(C)(C)C. The molecule has 0 radical (unpaired) electrons. The first-order valence-corrected chi connectivity index (χ1v) is 11.7. The molecule has 2 N–H and O–H groups in total. The molecule has 1 aliphatic rings. The molecule has 0 aromatic heterocycles. The first kappa shape index (κ1) is 25.3. The fourth-order valence-electron chi connectivity index (χ4n) is 4.15. The van der Waals surface area contributed by atoms with Gasteiger partial charge in [0.05, 0.1) is 0 Å². The summed E-state index contributed by atoms with van der Waals surface area (Å²) < 4.78 is 10.8. The molecule has 34 heavy (non-hydrogen) atoms. The second kappa shape index (κ2) is 10.7. The van der Waals surface area contributed by atoms with Gasteiger partial charge >= 0.3 is 12.1 Å². The Kier molecular flexibility index (Phi) is 7.97. The van der Waals surface area contributed by atoms with Crippen molar-refractivity contribution < 1.29 is 23.9 Å². The Balaban J connectivity index is 1.60. The molecule has 0 saturated heterocycles. The number of hydrogen-bond donors (Lipinski definition) is 2. The summed E-state index contributed by atoms with van der Waals surface area (Å²) in [5.41, 5.74) is 3.88. The number of benzene rings is 2. The minimum Gasteiger partial charge on any atom is -0.459 e. The lowest BCUT2D eigenvalue weighted by Gasteiger charge is -2.22. The standard InChI is InChI=1S/C27H34N2O5/c1-17(2)14-23(25(31)28-15-24(30)34-27(3,4)5)29-26(32)33-16-22-20-12-8-6-10-18(20)19-11-7-9-13-21(19)22/h6-13,17,22-23H,14-16H2,1-5H3,(H,28,31)(H,29,32)/t23-/m0/s1. The molecular weight excluding hydrogens is 432 g/mol. The van der Waals surface area contributed by atoms with E-state index in [0.717, 1.165) is 22.3 Å². The number of fused-ring (bicyclic) bond motifs is 3. The van der Waals surface area contributed by atoms with Crippen molar-refractivity contribution in [3.05, 3.63) is 59.7 Å². The maximum absolute atomic E-state index is 12.7. The minimum atomic E-state index is -0.821. The van der Waals surface area contributed by atoms with E-state index < -0.39 is 29.6 Å². The van der Waals surface area contributed by atoms with E-state index in [0.29, 0.717) is 6.42 Å². The minimum absolute atomic E-state index is 0.0670.